The second-order valence-corrected chi connectivity index (χ2v) is 6.46. The number of aromatic hydroxyl groups is 1. The lowest BCUT2D eigenvalue weighted by molar-refractivity contribution is -0.141. The van der Waals surface area contributed by atoms with E-state index in [9.17, 15) is 9.90 Å². The number of rotatable bonds is 3. The molecule has 2 fully saturated rings. The van der Waals surface area contributed by atoms with Crippen LogP contribution >= 0.6 is 12.4 Å². The fourth-order valence-electron chi connectivity index (χ4n) is 3.77. The summed E-state index contributed by atoms with van der Waals surface area (Å²) in [4.78, 5) is 17.0. The van der Waals surface area contributed by atoms with Crippen LogP contribution in [0.15, 0.2) is 24.3 Å². The van der Waals surface area contributed by atoms with Crippen molar-refractivity contribution in [3.63, 3.8) is 0 Å². The number of nitrogens with zero attached hydrogens (tertiary/aromatic N) is 2. The van der Waals surface area contributed by atoms with Gasteiger partial charge in [0.2, 0.25) is 5.91 Å². The molecular weight excluding hydrogens is 314 g/mol. The number of benzene rings is 1. The molecule has 0 aromatic heterocycles. The molecule has 1 aromatic carbocycles. The minimum atomic E-state index is -0.308. The van der Waals surface area contributed by atoms with E-state index in [0.29, 0.717) is 25.4 Å². The summed E-state index contributed by atoms with van der Waals surface area (Å²) < 4.78 is 0. The maximum absolute atomic E-state index is 12.8. The van der Waals surface area contributed by atoms with Crippen molar-refractivity contribution in [1.82, 2.24) is 4.90 Å². The van der Waals surface area contributed by atoms with Crippen molar-refractivity contribution in [3.05, 3.63) is 24.3 Å². The van der Waals surface area contributed by atoms with Crippen molar-refractivity contribution in [2.45, 2.75) is 25.7 Å². The summed E-state index contributed by atoms with van der Waals surface area (Å²) in [6.45, 7) is 3.38. The number of carbonyl (C=O) groups is 1. The first-order valence-corrected chi connectivity index (χ1v) is 8.19. The Morgan fingerprint density at radius 3 is 2.30 bits per heavy atom. The highest BCUT2D eigenvalue weighted by atomic mass is 35.5. The lowest BCUT2D eigenvalue weighted by atomic mass is 9.84. The molecule has 1 saturated heterocycles. The topological polar surface area (TPSA) is 69.8 Å². The van der Waals surface area contributed by atoms with Gasteiger partial charge in [0.25, 0.3) is 0 Å². The van der Waals surface area contributed by atoms with Gasteiger partial charge in [-0.15, -0.1) is 12.4 Å². The molecule has 2 aliphatic rings. The SMILES string of the molecule is Cl.NCC1(C(=O)N2CCN(c3ccccc3O)CC2)CCCC1. The molecule has 1 aliphatic carbocycles. The third-order valence-corrected chi connectivity index (χ3v) is 5.19. The standard InChI is InChI=1S/C17H25N3O2.ClH/c18-13-17(7-3-4-8-17)16(22)20-11-9-19(10-12-20)14-5-1-2-6-15(14)21;/h1-2,5-6,21H,3-4,7-13,18H2;1H. The van der Waals surface area contributed by atoms with Gasteiger partial charge < -0.3 is 20.6 Å². The number of hydrogen-bond donors (Lipinski definition) is 2. The molecule has 128 valence electrons. The van der Waals surface area contributed by atoms with Crippen LogP contribution in [-0.4, -0.2) is 48.6 Å². The summed E-state index contributed by atoms with van der Waals surface area (Å²) in [5.41, 5.74) is 6.47. The third kappa shape index (κ3) is 3.40. The number of phenols is 1. The van der Waals surface area contributed by atoms with E-state index in [2.05, 4.69) is 4.90 Å². The summed E-state index contributed by atoms with van der Waals surface area (Å²) >= 11 is 0. The van der Waals surface area contributed by atoms with Crippen molar-refractivity contribution in [1.29, 1.82) is 0 Å². The zero-order valence-electron chi connectivity index (χ0n) is 13.4. The maximum Gasteiger partial charge on any atom is 0.230 e. The second kappa shape index (κ2) is 7.41. The molecular formula is C17H26ClN3O2. The first-order valence-electron chi connectivity index (χ1n) is 8.19. The van der Waals surface area contributed by atoms with Crippen molar-refractivity contribution < 1.29 is 9.90 Å². The summed E-state index contributed by atoms with van der Waals surface area (Å²) in [7, 11) is 0. The number of piperazine rings is 1. The Bertz CT molecular complexity index is 538. The molecule has 3 rings (SSSR count). The molecule has 1 saturated carbocycles. The zero-order valence-corrected chi connectivity index (χ0v) is 14.2. The van der Waals surface area contributed by atoms with Gasteiger partial charge in [0.1, 0.15) is 5.75 Å². The largest absolute Gasteiger partial charge is 0.506 e. The fourth-order valence-corrected chi connectivity index (χ4v) is 3.77. The van der Waals surface area contributed by atoms with E-state index in [0.717, 1.165) is 44.5 Å². The van der Waals surface area contributed by atoms with Crippen LogP contribution in [0.2, 0.25) is 0 Å². The van der Waals surface area contributed by atoms with Gasteiger partial charge in [0.05, 0.1) is 11.1 Å². The zero-order chi connectivity index (χ0) is 15.6. The Labute approximate surface area is 143 Å². The molecule has 1 aromatic rings. The van der Waals surface area contributed by atoms with Crippen molar-refractivity contribution in [2.24, 2.45) is 11.1 Å². The minimum Gasteiger partial charge on any atom is -0.506 e. The molecule has 1 heterocycles. The number of phenolic OH excluding ortho intramolecular Hbond substituents is 1. The number of para-hydroxylation sites is 2. The van der Waals surface area contributed by atoms with Crippen LogP contribution < -0.4 is 10.6 Å². The number of anilines is 1. The van der Waals surface area contributed by atoms with Gasteiger partial charge in [-0.1, -0.05) is 25.0 Å². The molecule has 6 heteroatoms. The molecule has 1 amide bonds. The molecule has 0 spiro atoms. The Hall–Kier alpha value is -1.46. The highest BCUT2D eigenvalue weighted by Crippen LogP contribution is 2.39. The molecule has 0 atom stereocenters. The van der Waals surface area contributed by atoms with Gasteiger partial charge in [0.15, 0.2) is 0 Å². The molecule has 0 unspecified atom stereocenters. The van der Waals surface area contributed by atoms with E-state index < -0.39 is 0 Å². The minimum absolute atomic E-state index is 0. The molecule has 0 bridgehead atoms. The van der Waals surface area contributed by atoms with Crippen LogP contribution in [-0.2, 0) is 4.79 Å². The van der Waals surface area contributed by atoms with Crippen molar-refractivity contribution >= 4 is 24.0 Å². The smallest absolute Gasteiger partial charge is 0.230 e. The van der Waals surface area contributed by atoms with Crippen LogP contribution in [0.5, 0.6) is 5.75 Å². The van der Waals surface area contributed by atoms with Crippen LogP contribution in [0.4, 0.5) is 5.69 Å². The molecule has 23 heavy (non-hydrogen) atoms. The van der Waals surface area contributed by atoms with Gasteiger partial charge in [-0.2, -0.15) is 0 Å². The van der Waals surface area contributed by atoms with Gasteiger partial charge in [-0.3, -0.25) is 4.79 Å². The van der Waals surface area contributed by atoms with Crippen LogP contribution in [0, 0.1) is 5.41 Å². The summed E-state index contributed by atoms with van der Waals surface area (Å²) in [6.07, 6.45) is 4.09. The number of nitrogens with two attached hydrogens (primary N) is 1. The van der Waals surface area contributed by atoms with Crippen LogP contribution in [0.25, 0.3) is 0 Å². The predicted molar refractivity (Wildman–Crippen MR) is 94.1 cm³/mol. The predicted octanol–water partition coefficient (Wildman–Crippen LogP) is 1.98. The van der Waals surface area contributed by atoms with Crippen molar-refractivity contribution in [2.75, 3.05) is 37.6 Å². The Morgan fingerprint density at radius 1 is 1.13 bits per heavy atom. The highest BCUT2D eigenvalue weighted by Gasteiger charge is 2.42. The highest BCUT2D eigenvalue weighted by molar-refractivity contribution is 5.85. The Morgan fingerprint density at radius 2 is 1.74 bits per heavy atom. The first kappa shape index (κ1) is 17.9. The van der Waals surface area contributed by atoms with Gasteiger partial charge in [0, 0.05) is 32.7 Å². The van der Waals surface area contributed by atoms with Crippen molar-refractivity contribution in [3.8, 4) is 5.75 Å². The molecule has 3 N–H and O–H groups in total. The molecule has 0 radical (unpaired) electrons. The van der Waals surface area contributed by atoms with E-state index in [1.807, 2.05) is 23.1 Å². The summed E-state index contributed by atoms with van der Waals surface area (Å²) in [5, 5.41) is 9.95. The fraction of sp³-hybridized carbons (Fsp3) is 0.588. The number of hydrogen-bond acceptors (Lipinski definition) is 4. The second-order valence-electron chi connectivity index (χ2n) is 6.46. The molecule has 1 aliphatic heterocycles. The summed E-state index contributed by atoms with van der Waals surface area (Å²) in [6, 6.07) is 7.37. The molecule has 5 nitrogen and oxygen atoms in total. The normalized spacial score (nSPS) is 20.2. The van der Waals surface area contributed by atoms with E-state index in [4.69, 9.17) is 5.73 Å². The quantitative estimate of drug-likeness (QED) is 0.883. The van der Waals surface area contributed by atoms with Gasteiger partial charge >= 0.3 is 0 Å². The lowest BCUT2D eigenvalue weighted by Gasteiger charge is -2.40. The van der Waals surface area contributed by atoms with Gasteiger partial charge in [-0.25, -0.2) is 0 Å². The number of halogens is 1. The Balaban J connectivity index is 0.00000192. The maximum atomic E-state index is 12.8. The number of carbonyl (C=O) groups excluding carboxylic acids is 1. The van der Waals surface area contributed by atoms with Crippen LogP contribution in [0.1, 0.15) is 25.7 Å². The lowest BCUT2D eigenvalue weighted by Crippen LogP contribution is -2.54. The average molecular weight is 340 g/mol. The van der Waals surface area contributed by atoms with E-state index in [1.165, 1.54) is 0 Å². The monoisotopic (exact) mass is 339 g/mol. The number of amides is 1. The summed E-state index contributed by atoms with van der Waals surface area (Å²) in [5.74, 6) is 0.543. The Kier molecular flexibility index (Phi) is 5.76. The van der Waals surface area contributed by atoms with E-state index in [-0.39, 0.29) is 23.7 Å². The van der Waals surface area contributed by atoms with Crippen LogP contribution in [0.3, 0.4) is 0 Å². The first-order chi connectivity index (χ1) is 10.7. The van der Waals surface area contributed by atoms with Gasteiger partial charge in [-0.05, 0) is 25.0 Å². The third-order valence-electron chi connectivity index (χ3n) is 5.19. The van der Waals surface area contributed by atoms with E-state index >= 15 is 0 Å². The van der Waals surface area contributed by atoms with E-state index in [1.54, 1.807) is 6.07 Å². The average Bonchev–Trinajstić information content (AvgIpc) is 3.05.